The Bertz CT molecular complexity index is 511. The topological polar surface area (TPSA) is 52.6 Å². The Morgan fingerprint density at radius 2 is 1.86 bits per heavy atom. The van der Waals surface area contributed by atoms with Gasteiger partial charge in [0.15, 0.2) is 0 Å². The molecule has 2 heterocycles. The van der Waals surface area contributed by atoms with Crippen molar-refractivity contribution >= 4 is 11.8 Å². The zero-order valence-corrected chi connectivity index (χ0v) is 13.8. The predicted molar refractivity (Wildman–Crippen MR) is 82.2 cm³/mol. The number of esters is 1. The molecule has 0 N–H and O–H groups in total. The molecular weight excluding hydrogens is 280 g/mol. The molecule has 5 atom stereocenters. The predicted octanol–water partition coefficient (Wildman–Crippen LogP) is 3.05. The third-order valence-corrected chi connectivity index (χ3v) is 6.03. The summed E-state index contributed by atoms with van der Waals surface area (Å²) in [5.74, 6) is -0.396. The minimum absolute atomic E-state index is 0.0984. The lowest BCUT2D eigenvalue weighted by Gasteiger charge is -2.22. The summed E-state index contributed by atoms with van der Waals surface area (Å²) in [7, 11) is 1.42. The highest BCUT2D eigenvalue weighted by molar-refractivity contribution is 6.00. The van der Waals surface area contributed by atoms with Gasteiger partial charge in [-0.3, -0.25) is 9.59 Å². The van der Waals surface area contributed by atoms with Gasteiger partial charge in [-0.15, -0.1) is 0 Å². The van der Waals surface area contributed by atoms with Gasteiger partial charge in [0.1, 0.15) is 5.78 Å². The number of ether oxygens (including phenoxy) is 2. The summed E-state index contributed by atoms with van der Waals surface area (Å²) in [5.41, 5.74) is -0.999. The number of fused-ring (bicyclic) bond motifs is 5. The quantitative estimate of drug-likeness (QED) is 0.393. The molecule has 2 fully saturated rings. The molecule has 3 aliphatic rings. The van der Waals surface area contributed by atoms with Crippen molar-refractivity contribution in [2.75, 3.05) is 7.11 Å². The SMILES string of the molecule is CCCCCC[C@@]12[C@H]3C=C[C@H](O3)[C@]1(C(=O)CC)[C@H]2C(=O)OC. The van der Waals surface area contributed by atoms with Gasteiger partial charge in [-0.1, -0.05) is 51.7 Å². The van der Waals surface area contributed by atoms with Gasteiger partial charge in [-0.05, 0) is 6.42 Å². The van der Waals surface area contributed by atoms with Gasteiger partial charge in [0.2, 0.25) is 0 Å². The van der Waals surface area contributed by atoms with E-state index in [1.54, 1.807) is 0 Å². The third kappa shape index (κ3) is 1.67. The molecule has 122 valence electrons. The van der Waals surface area contributed by atoms with Gasteiger partial charge in [0.05, 0.1) is 30.7 Å². The van der Waals surface area contributed by atoms with E-state index >= 15 is 0 Å². The summed E-state index contributed by atoms with van der Waals surface area (Å²) in [4.78, 5) is 25.1. The normalized spacial score (nSPS) is 40.6. The molecule has 1 aliphatic carbocycles. The van der Waals surface area contributed by atoms with Crippen LogP contribution in [0.3, 0.4) is 0 Å². The summed E-state index contributed by atoms with van der Waals surface area (Å²) in [6, 6.07) is 0. The molecule has 0 aromatic carbocycles. The second-order valence-corrected chi connectivity index (χ2v) is 6.82. The molecular formula is C18H26O4. The summed E-state index contributed by atoms with van der Waals surface area (Å²) in [6.07, 6.45) is 9.57. The highest BCUT2D eigenvalue weighted by Crippen LogP contribution is 2.82. The van der Waals surface area contributed by atoms with E-state index < -0.39 is 5.41 Å². The first-order chi connectivity index (χ1) is 10.6. The van der Waals surface area contributed by atoms with E-state index in [1.165, 1.54) is 20.0 Å². The van der Waals surface area contributed by atoms with Gasteiger partial charge >= 0.3 is 5.97 Å². The Morgan fingerprint density at radius 1 is 1.14 bits per heavy atom. The third-order valence-electron chi connectivity index (χ3n) is 6.03. The van der Waals surface area contributed by atoms with E-state index in [9.17, 15) is 9.59 Å². The van der Waals surface area contributed by atoms with Crippen molar-refractivity contribution in [2.45, 2.75) is 64.6 Å². The highest BCUT2D eigenvalue weighted by Gasteiger charge is 2.91. The van der Waals surface area contributed by atoms with E-state index in [0.29, 0.717) is 6.42 Å². The van der Waals surface area contributed by atoms with E-state index in [2.05, 4.69) is 13.0 Å². The first-order valence-corrected chi connectivity index (χ1v) is 8.56. The number of methoxy groups -OCH3 is 1. The smallest absolute Gasteiger partial charge is 0.310 e. The number of hydrogen-bond donors (Lipinski definition) is 0. The van der Waals surface area contributed by atoms with Gasteiger partial charge < -0.3 is 9.47 Å². The Hall–Kier alpha value is -1.16. The molecule has 2 aliphatic heterocycles. The van der Waals surface area contributed by atoms with Crippen molar-refractivity contribution in [3.63, 3.8) is 0 Å². The van der Waals surface area contributed by atoms with Crippen LogP contribution in [0.4, 0.5) is 0 Å². The van der Waals surface area contributed by atoms with E-state index in [4.69, 9.17) is 9.47 Å². The maximum atomic E-state index is 12.8. The molecule has 0 amide bonds. The Labute approximate surface area is 132 Å². The second kappa shape index (κ2) is 5.48. The average Bonchev–Trinajstić information content (AvgIpc) is 2.82. The Morgan fingerprint density at radius 3 is 2.50 bits per heavy atom. The van der Waals surface area contributed by atoms with E-state index in [1.807, 2.05) is 13.0 Å². The van der Waals surface area contributed by atoms with Crippen molar-refractivity contribution in [3.8, 4) is 0 Å². The average molecular weight is 306 g/mol. The lowest BCUT2D eigenvalue weighted by molar-refractivity contribution is -0.148. The zero-order chi connectivity index (χ0) is 16.0. The highest BCUT2D eigenvalue weighted by atomic mass is 16.5. The fourth-order valence-corrected chi connectivity index (χ4v) is 5.14. The maximum absolute atomic E-state index is 12.8. The van der Waals surface area contributed by atoms with Gasteiger partial charge in [0, 0.05) is 11.8 Å². The largest absolute Gasteiger partial charge is 0.469 e. The van der Waals surface area contributed by atoms with Gasteiger partial charge in [-0.2, -0.15) is 0 Å². The van der Waals surface area contributed by atoms with Crippen LogP contribution in [0.15, 0.2) is 12.2 Å². The molecule has 1 saturated carbocycles. The van der Waals surface area contributed by atoms with Crippen LogP contribution in [0.1, 0.15) is 52.4 Å². The number of unbranched alkanes of at least 4 members (excludes halogenated alkanes) is 3. The van der Waals surface area contributed by atoms with Crippen LogP contribution in [-0.2, 0) is 19.1 Å². The number of Topliss-reactive ketones (excluding diaryl/α,β-unsaturated/α-hetero) is 1. The van der Waals surface area contributed by atoms with Crippen LogP contribution < -0.4 is 0 Å². The van der Waals surface area contributed by atoms with Crippen LogP contribution in [0, 0.1) is 16.7 Å². The Kier molecular flexibility index (Phi) is 3.92. The fourth-order valence-electron chi connectivity index (χ4n) is 5.14. The molecule has 0 unspecified atom stereocenters. The van der Waals surface area contributed by atoms with Crippen LogP contribution in [0.2, 0.25) is 0 Å². The number of carbonyl (C=O) groups is 2. The first-order valence-electron chi connectivity index (χ1n) is 8.56. The molecule has 0 radical (unpaired) electrons. The minimum atomic E-state index is -0.652. The van der Waals surface area contributed by atoms with Crippen LogP contribution in [0.25, 0.3) is 0 Å². The van der Waals surface area contributed by atoms with E-state index in [-0.39, 0.29) is 35.3 Å². The molecule has 0 aromatic heterocycles. The second-order valence-electron chi connectivity index (χ2n) is 6.82. The van der Waals surface area contributed by atoms with Crippen LogP contribution in [0.5, 0.6) is 0 Å². The van der Waals surface area contributed by atoms with Gasteiger partial charge in [0.25, 0.3) is 0 Å². The van der Waals surface area contributed by atoms with Crippen molar-refractivity contribution in [1.29, 1.82) is 0 Å². The number of rotatable bonds is 8. The summed E-state index contributed by atoms with van der Waals surface area (Å²) >= 11 is 0. The first kappa shape index (κ1) is 15.7. The molecule has 4 nitrogen and oxygen atoms in total. The molecule has 1 saturated heterocycles. The van der Waals surface area contributed by atoms with Crippen molar-refractivity contribution in [1.82, 2.24) is 0 Å². The molecule has 3 rings (SSSR count). The molecule has 2 bridgehead atoms. The number of carbonyl (C=O) groups excluding carboxylic acids is 2. The monoisotopic (exact) mass is 306 g/mol. The minimum Gasteiger partial charge on any atom is -0.469 e. The van der Waals surface area contributed by atoms with Crippen molar-refractivity contribution in [3.05, 3.63) is 12.2 Å². The lowest BCUT2D eigenvalue weighted by Crippen LogP contribution is -2.32. The summed E-state index contributed by atoms with van der Waals surface area (Å²) in [5, 5.41) is 0. The molecule has 0 aromatic rings. The summed E-state index contributed by atoms with van der Waals surface area (Å²) < 4.78 is 11.0. The number of ketones is 1. The van der Waals surface area contributed by atoms with E-state index in [0.717, 1.165) is 19.3 Å². The maximum Gasteiger partial charge on any atom is 0.310 e. The standard InChI is InChI=1S/C18H26O4/c1-4-6-7-8-11-17-13-9-10-14(22-13)18(17,12(19)5-2)15(17)16(20)21-3/h9-10,13-15H,4-8,11H2,1-3H3/t13-,14+,15+,17+,18-/m1/s1. The van der Waals surface area contributed by atoms with Crippen molar-refractivity contribution < 1.29 is 19.1 Å². The van der Waals surface area contributed by atoms with Gasteiger partial charge in [-0.25, -0.2) is 0 Å². The zero-order valence-electron chi connectivity index (χ0n) is 13.8. The van der Waals surface area contributed by atoms with Crippen molar-refractivity contribution in [2.24, 2.45) is 16.7 Å². The van der Waals surface area contributed by atoms with Crippen LogP contribution in [-0.4, -0.2) is 31.1 Å². The molecule has 22 heavy (non-hydrogen) atoms. The molecule has 0 spiro atoms. The number of hydrogen-bond acceptors (Lipinski definition) is 4. The fraction of sp³-hybridized carbons (Fsp3) is 0.778. The molecule has 4 heteroatoms. The van der Waals surface area contributed by atoms with Crippen LogP contribution >= 0.6 is 0 Å². The lowest BCUT2D eigenvalue weighted by atomic mass is 9.77. The summed E-state index contributed by atoms with van der Waals surface area (Å²) in [6.45, 7) is 4.06. The Balaban J connectivity index is 1.91.